The molecule has 32 heavy (non-hydrogen) atoms. The Labute approximate surface area is 184 Å². The quantitative estimate of drug-likeness (QED) is 0.454. The number of hydrogen-bond acceptors (Lipinski definition) is 8. The van der Waals surface area contributed by atoms with Gasteiger partial charge in [-0.2, -0.15) is 14.6 Å². The third-order valence-corrected chi connectivity index (χ3v) is 5.83. The zero-order valence-electron chi connectivity index (χ0n) is 17.8. The maximum Gasteiger partial charge on any atom is 0.254 e. The van der Waals surface area contributed by atoms with Crippen LogP contribution in [0.4, 0.5) is 5.82 Å². The molecule has 5 heterocycles. The molecule has 10 heteroatoms. The topological polar surface area (TPSA) is 103 Å². The van der Waals surface area contributed by atoms with Crippen molar-refractivity contribution in [3.8, 4) is 11.3 Å². The summed E-state index contributed by atoms with van der Waals surface area (Å²) < 4.78 is 8.73. The van der Waals surface area contributed by atoms with Crippen LogP contribution < -0.4 is 10.5 Å². The van der Waals surface area contributed by atoms with Gasteiger partial charge in [0.15, 0.2) is 0 Å². The standard InChI is InChI=1S/C22H24N8O2/c1-32-13-18-10-20(30-22(27-18)24-14-26-30)28-8-4-16(5-9-28)12-29-15-25-19(11-21(29)31)17-2-6-23-7-3-17/h2-3,6-7,10-11,14-16H,4-5,8-9,12-13H2,1H3. The third kappa shape index (κ3) is 4.09. The van der Waals surface area contributed by atoms with Crippen molar-refractivity contribution in [2.75, 3.05) is 25.1 Å². The maximum absolute atomic E-state index is 12.6. The first-order valence-electron chi connectivity index (χ1n) is 10.6. The number of nitrogens with zero attached hydrogens (tertiary/aromatic N) is 8. The first-order valence-corrected chi connectivity index (χ1v) is 10.6. The molecule has 0 spiro atoms. The highest BCUT2D eigenvalue weighted by Crippen LogP contribution is 2.25. The lowest BCUT2D eigenvalue weighted by Gasteiger charge is -2.33. The van der Waals surface area contributed by atoms with Gasteiger partial charge in [-0.3, -0.25) is 14.3 Å². The number of rotatable bonds is 6. The van der Waals surface area contributed by atoms with E-state index in [0.29, 0.717) is 30.5 Å². The molecule has 1 saturated heterocycles. The minimum Gasteiger partial charge on any atom is -0.378 e. The van der Waals surface area contributed by atoms with Crippen LogP contribution in [0.3, 0.4) is 0 Å². The van der Waals surface area contributed by atoms with E-state index in [0.717, 1.165) is 43.0 Å². The van der Waals surface area contributed by atoms with Crippen LogP contribution in [0.5, 0.6) is 0 Å². The van der Waals surface area contributed by atoms with Crippen molar-refractivity contribution < 1.29 is 4.74 Å². The number of piperidine rings is 1. The van der Waals surface area contributed by atoms with Crippen molar-refractivity contribution in [1.29, 1.82) is 0 Å². The Morgan fingerprint density at radius 3 is 2.69 bits per heavy atom. The number of pyridine rings is 1. The van der Waals surface area contributed by atoms with Gasteiger partial charge in [0.1, 0.15) is 12.1 Å². The maximum atomic E-state index is 12.6. The molecular weight excluding hydrogens is 408 g/mol. The second kappa shape index (κ2) is 8.83. The molecule has 1 fully saturated rings. The number of hydrogen-bond donors (Lipinski definition) is 0. The van der Waals surface area contributed by atoms with Crippen LogP contribution in [0.2, 0.25) is 0 Å². The van der Waals surface area contributed by atoms with Crippen LogP contribution in [0.25, 0.3) is 17.0 Å². The molecule has 0 unspecified atom stereocenters. The summed E-state index contributed by atoms with van der Waals surface area (Å²) in [6, 6.07) is 7.31. The third-order valence-electron chi connectivity index (χ3n) is 5.83. The Balaban J connectivity index is 1.27. The van der Waals surface area contributed by atoms with E-state index < -0.39 is 0 Å². The van der Waals surface area contributed by atoms with Gasteiger partial charge in [-0.05, 0) is 30.9 Å². The lowest BCUT2D eigenvalue weighted by molar-refractivity contribution is 0.181. The predicted molar refractivity (Wildman–Crippen MR) is 118 cm³/mol. The lowest BCUT2D eigenvalue weighted by Crippen LogP contribution is -2.37. The molecule has 5 rings (SSSR count). The summed E-state index contributed by atoms with van der Waals surface area (Å²) in [5, 5.41) is 4.33. The van der Waals surface area contributed by atoms with Gasteiger partial charge in [-0.25, -0.2) is 9.97 Å². The number of methoxy groups -OCH3 is 1. The number of aromatic nitrogens is 7. The minimum absolute atomic E-state index is 0.0306. The summed E-state index contributed by atoms with van der Waals surface area (Å²) in [4.78, 5) is 32.2. The van der Waals surface area contributed by atoms with E-state index in [4.69, 9.17) is 4.74 Å². The number of ether oxygens (including phenoxy) is 1. The van der Waals surface area contributed by atoms with Crippen LogP contribution in [0, 0.1) is 5.92 Å². The Morgan fingerprint density at radius 1 is 1.12 bits per heavy atom. The summed E-state index contributed by atoms with van der Waals surface area (Å²) in [6.07, 6.45) is 8.51. The van der Waals surface area contributed by atoms with Gasteiger partial charge >= 0.3 is 0 Å². The van der Waals surface area contributed by atoms with E-state index in [-0.39, 0.29) is 5.56 Å². The molecule has 0 N–H and O–H groups in total. The Bertz CT molecular complexity index is 1260. The Hall–Kier alpha value is -3.66. The average Bonchev–Trinajstić information content (AvgIpc) is 3.30. The smallest absolute Gasteiger partial charge is 0.254 e. The van der Waals surface area contributed by atoms with E-state index in [1.807, 2.05) is 18.2 Å². The van der Waals surface area contributed by atoms with Crippen molar-refractivity contribution >= 4 is 11.6 Å². The second-order valence-corrected chi connectivity index (χ2v) is 7.94. The van der Waals surface area contributed by atoms with Crippen molar-refractivity contribution in [3.63, 3.8) is 0 Å². The van der Waals surface area contributed by atoms with E-state index in [1.54, 1.807) is 41.0 Å². The zero-order chi connectivity index (χ0) is 21.9. The molecule has 0 saturated carbocycles. The molecule has 0 aliphatic carbocycles. The van der Waals surface area contributed by atoms with E-state index in [1.165, 1.54) is 6.33 Å². The highest BCUT2D eigenvalue weighted by molar-refractivity contribution is 5.57. The molecule has 4 aromatic heterocycles. The first-order chi connectivity index (χ1) is 15.7. The summed E-state index contributed by atoms with van der Waals surface area (Å²) >= 11 is 0. The molecule has 1 aliphatic heterocycles. The van der Waals surface area contributed by atoms with Crippen LogP contribution in [0.1, 0.15) is 18.5 Å². The molecule has 0 aromatic carbocycles. The fraction of sp³-hybridized carbons (Fsp3) is 0.364. The Kier molecular flexibility index (Phi) is 5.59. The highest BCUT2D eigenvalue weighted by atomic mass is 16.5. The molecule has 10 nitrogen and oxygen atoms in total. The van der Waals surface area contributed by atoms with Crippen LogP contribution in [-0.4, -0.2) is 54.3 Å². The van der Waals surface area contributed by atoms with E-state index >= 15 is 0 Å². The zero-order valence-corrected chi connectivity index (χ0v) is 17.8. The molecular formula is C22H24N8O2. The monoisotopic (exact) mass is 432 g/mol. The molecule has 1 aliphatic rings. The van der Waals surface area contributed by atoms with Crippen LogP contribution >= 0.6 is 0 Å². The minimum atomic E-state index is -0.0306. The van der Waals surface area contributed by atoms with Gasteiger partial charge in [-0.1, -0.05) is 0 Å². The van der Waals surface area contributed by atoms with Crippen LogP contribution in [-0.2, 0) is 17.9 Å². The molecule has 0 bridgehead atoms. The van der Waals surface area contributed by atoms with Crippen LogP contribution in [0.15, 0.2) is 54.1 Å². The van der Waals surface area contributed by atoms with Gasteiger partial charge in [0, 0.05) is 56.8 Å². The SMILES string of the molecule is COCc1cc(N2CCC(Cn3cnc(-c4ccncc4)cc3=O)CC2)n2ncnc2n1. The van der Waals surface area contributed by atoms with Crippen molar-refractivity contribution in [1.82, 2.24) is 34.1 Å². The van der Waals surface area contributed by atoms with Crippen molar-refractivity contribution in [3.05, 3.63) is 65.4 Å². The second-order valence-electron chi connectivity index (χ2n) is 7.94. The number of fused-ring (bicyclic) bond motifs is 1. The van der Waals surface area contributed by atoms with Gasteiger partial charge in [-0.15, -0.1) is 0 Å². The van der Waals surface area contributed by atoms with Gasteiger partial charge in [0.2, 0.25) is 0 Å². The highest BCUT2D eigenvalue weighted by Gasteiger charge is 2.23. The largest absolute Gasteiger partial charge is 0.378 e. The van der Waals surface area contributed by atoms with E-state index in [2.05, 4.69) is 29.9 Å². The van der Waals surface area contributed by atoms with Gasteiger partial charge in [0.25, 0.3) is 11.3 Å². The van der Waals surface area contributed by atoms with Crippen molar-refractivity contribution in [2.45, 2.75) is 26.0 Å². The summed E-state index contributed by atoms with van der Waals surface area (Å²) in [5.41, 5.74) is 2.36. The van der Waals surface area contributed by atoms with E-state index in [9.17, 15) is 4.79 Å². The lowest BCUT2D eigenvalue weighted by atomic mass is 9.96. The molecule has 4 aromatic rings. The molecule has 0 amide bonds. The van der Waals surface area contributed by atoms with Crippen molar-refractivity contribution in [2.24, 2.45) is 5.92 Å². The summed E-state index contributed by atoms with van der Waals surface area (Å²) in [7, 11) is 1.65. The number of anilines is 1. The van der Waals surface area contributed by atoms with Gasteiger partial charge < -0.3 is 9.64 Å². The molecule has 164 valence electrons. The summed E-state index contributed by atoms with van der Waals surface area (Å²) in [6.45, 7) is 2.83. The fourth-order valence-electron chi connectivity index (χ4n) is 4.16. The summed E-state index contributed by atoms with van der Waals surface area (Å²) in [5.74, 6) is 1.95. The normalized spacial score (nSPS) is 14.8. The molecule has 0 atom stereocenters. The Morgan fingerprint density at radius 2 is 1.94 bits per heavy atom. The van der Waals surface area contributed by atoms with Gasteiger partial charge in [0.05, 0.1) is 24.3 Å². The fourth-order valence-corrected chi connectivity index (χ4v) is 4.16. The molecule has 0 radical (unpaired) electrons. The first kappa shape index (κ1) is 20.3. The predicted octanol–water partition coefficient (Wildman–Crippen LogP) is 1.81. The average molecular weight is 432 g/mol.